The quantitative estimate of drug-likeness (QED) is 0.789. The van der Waals surface area contributed by atoms with Gasteiger partial charge in [-0.3, -0.25) is 0 Å². The Balaban J connectivity index is 1.94. The second-order valence-electron chi connectivity index (χ2n) is 4.71. The second kappa shape index (κ2) is 5.35. The highest BCUT2D eigenvalue weighted by Gasteiger charge is 2.06. The number of pyridine rings is 1. The molecule has 102 valence electrons. The molecule has 0 radical (unpaired) electrons. The number of nitrogens with two attached hydrogens (primary N) is 1. The second-order valence-corrected chi connectivity index (χ2v) is 4.71. The van der Waals surface area contributed by atoms with Crippen molar-refractivity contribution in [2.45, 2.75) is 13.0 Å². The highest BCUT2D eigenvalue weighted by molar-refractivity contribution is 5.43. The molecular weight excluding hydrogens is 250 g/mol. The summed E-state index contributed by atoms with van der Waals surface area (Å²) in [7, 11) is 1.68. The van der Waals surface area contributed by atoms with Gasteiger partial charge < -0.3 is 14.9 Å². The molecular formula is C16H17N3O. The lowest BCUT2D eigenvalue weighted by molar-refractivity contribution is 0.414. The van der Waals surface area contributed by atoms with Crippen LogP contribution >= 0.6 is 0 Å². The summed E-state index contributed by atoms with van der Waals surface area (Å²) in [5.74, 6) is 0.869. The third-order valence-electron chi connectivity index (χ3n) is 3.35. The maximum Gasteiger partial charge on any atom is 0.137 e. The number of imidazole rings is 1. The van der Waals surface area contributed by atoms with E-state index in [4.69, 9.17) is 10.5 Å². The first-order valence-corrected chi connectivity index (χ1v) is 6.59. The van der Waals surface area contributed by atoms with E-state index in [0.29, 0.717) is 6.54 Å². The number of aromatic nitrogens is 2. The fourth-order valence-electron chi connectivity index (χ4n) is 2.36. The molecule has 0 aliphatic carbocycles. The van der Waals surface area contributed by atoms with E-state index >= 15 is 0 Å². The maximum absolute atomic E-state index is 5.75. The zero-order chi connectivity index (χ0) is 13.9. The predicted molar refractivity (Wildman–Crippen MR) is 78.9 cm³/mol. The van der Waals surface area contributed by atoms with Crippen LogP contribution in [0.3, 0.4) is 0 Å². The number of hydrogen-bond acceptors (Lipinski definition) is 3. The van der Waals surface area contributed by atoms with Crippen LogP contribution in [0.1, 0.15) is 17.0 Å². The Hall–Kier alpha value is -2.33. The number of nitrogens with zero attached hydrogens (tertiary/aromatic N) is 2. The average molecular weight is 267 g/mol. The lowest BCUT2D eigenvalue weighted by Crippen LogP contribution is -2.02. The Morgan fingerprint density at radius 2 is 2.05 bits per heavy atom. The molecule has 0 saturated carbocycles. The lowest BCUT2D eigenvalue weighted by atomic mass is 10.1. The van der Waals surface area contributed by atoms with Gasteiger partial charge in [0.1, 0.15) is 11.4 Å². The first-order chi connectivity index (χ1) is 9.80. The van der Waals surface area contributed by atoms with E-state index in [1.807, 2.05) is 36.4 Å². The highest BCUT2D eigenvalue weighted by atomic mass is 16.5. The summed E-state index contributed by atoms with van der Waals surface area (Å²) >= 11 is 0. The summed E-state index contributed by atoms with van der Waals surface area (Å²) in [5.41, 5.74) is 9.96. The van der Waals surface area contributed by atoms with Gasteiger partial charge >= 0.3 is 0 Å². The van der Waals surface area contributed by atoms with E-state index in [1.165, 1.54) is 5.56 Å². The van der Waals surface area contributed by atoms with E-state index in [9.17, 15) is 0 Å². The molecule has 0 aliphatic rings. The number of ether oxygens (including phenoxy) is 1. The topological polar surface area (TPSA) is 52.5 Å². The Morgan fingerprint density at radius 1 is 1.20 bits per heavy atom. The number of methoxy groups -OCH3 is 1. The van der Waals surface area contributed by atoms with Gasteiger partial charge in [-0.05, 0) is 29.8 Å². The van der Waals surface area contributed by atoms with E-state index in [0.717, 1.165) is 29.2 Å². The summed E-state index contributed by atoms with van der Waals surface area (Å²) in [6, 6.07) is 14.1. The summed E-state index contributed by atoms with van der Waals surface area (Å²) in [4.78, 5) is 4.64. The average Bonchev–Trinajstić information content (AvgIpc) is 2.89. The SMILES string of the molecule is COc1cccc(Cc2cn3c(CN)cccc3n2)c1. The molecule has 0 bridgehead atoms. The minimum Gasteiger partial charge on any atom is -0.497 e. The predicted octanol–water partition coefficient (Wildman–Crippen LogP) is 2.39. The molecule has 0 aliphatic heterocycles. The van der Waals surface area contributed by atoms with Crippen LogP contribution < -0.4 is 10.5 Å². The van der Waals surface area contributed by atoms with Gasteiger partial charge in [-0.15, -0.1) is 0 Å². The number of benzene rings is 1. The van der Waals surface area contributed by atoms with Crippen molar-refractivity contribution in [2.24, 2.45) is 5.73 Å². The molecule has 2 aromatic heterocycles. The molecule has 4 nitrogen and oxygen atoms in total. The first-order valence-electron chi connectivity index (χ1n) is 6.59. The van der Waals surface area contributed by atoms with Crippen LogP contribution in [0.15, 0.2) is 48.7 Å². The van der Waals surface area contributed by atoms with Gasteiger partial charge in [0.25, 0.3) is 0 Å². The van der Waals surface area contributed by atoms with Crippen LogP contribution in [-0.2, 0) is 13.0 Å². The largest absolute Gasteiger partial charge is 0.497 e. The zero-order valence-electron chi connectivity index (χ0n) is 11.4. The Kier molecular flexibility index (Phi) is 3.39. The van der Waals surface area contributed by atoms with E-state index in [-0.39, 0.29) is 0 Å². The van der Waals surface area contributed by atoms with Crippen molar-refractivity contribution in [3.05, 3.63) is 65.6 Å². The molecule has 3 rings (SSSR count). The standard InChI is InChI=1S/C16H17N3O/c1-20-15-6-2-4-12(9-15)8-13-11-19-14(10-17)5-3-7-16(19)18-13/h2-7,9,11H,8,10,17H2,1H3. The van der Waals surface area contributed by atoms with Crippen molar-refractivity contribution < 1.29 is 4.74 Å². The summed E-state index contributed by atoms with van der Waals surface area (Å²) in [5, 5.41) is 0. The number of rotatable bonds is 4. The van der Waals surface area contributed by atoms with Gasteiger partial charge in [-0.25, -0.2) is 4.98 Å². The molecule has 0 atom stereocenters. The summed E-state index contributed by atoms with van der Waals surface area (Å²) in [6.07, 6.45) is 2.83. The maximum atomic E-state index is 5.75. The molecule has 0 amide bonds. The van der Waals surface area contributed by atoms with Crippen molar-refractivity contribution in [1.29, 1.82) is 0 Å². The van der Waals surface area contributed by atoms with E-state index in [2.05, 4.69) is 21.6 Å². The van der Waals surface area contributed by atoms with Crippen molar-refractivity contribution in [1.82, 2.24) is 9.38 Å². The van der Waals surface area contributed by atoms with Crippen LogP contribution in [0.25, 0.3) is 5.65 Å². The first kappa shape index (κ1) is 12.7. The fourth-order valence-corrected chi connectivity index (χ4v) is 2.36. The molecule has 0 spiro atoms. The number of fused-ring (bicyclic) bond motifs is 1. The fraction of sp³-hybridized carbons (Fsp3) is 0.188. The third-order valence-corrected chi connectivity index (χ3v) is 3.35. The molecule has 0 fully saturated rings. The van der Waals surface area contributed by atoms with E-state index < -0.39 is 0 Å². The minimum absolute atomic E-state index is 0.506. The van der Waals surface area contributed by atoms with Crippen LogP contribution in [-0.4, -0.2) is 16.5 Å². The molecule has 3 aromatic rings. The van der Waals surface area contributed by atoms with Crippen LogP contribution in [0.5, 0.6) is 5.75 Å². The van der Waals surface area contributed by atoms with Crippen molar-refractivity contribution in [2.75, 3.05) is 7.11 Å². The molecule has 1 aromatic carbocycles. The normalized spacial score (nSPS) is 10.9. The van der Waals surface area contributed by atoms with Gasteiger partial charge in [0.05, 0.1) is 12.8 Å². The van der Waals surface area contributed by atoms with E-state index in [1.54, 1.807) is 7.11 Å². The van der Waals surface area contributed by atoms with Gasteiger partial charge in [-0.2, -0.15) is 0 Å². The third kappa shape index (κ3) is 2.38. The summed E-state index contributed by atoms with van der Waals surface area (Å²) < 4.78 is 7.30. The Labute approximate surface area is 117 Å². The Morgan fingerprint density at radius 3 is 2.85 bits per heavy atom. The van der Waals surface area contributed by atoms with Crippen molar-refractivity contribution in [3.8, 4) is 5.75 Å². The minimum atomic E-state index is 0.506. The lowest BCUT2D eigenvalue weighted by Gasteiger charge is -2.02. The molecule has 0 saturated heterocycles. The van der Waals surface area contributed by atoms with Crippen molar-refractivity contribution >= 4 is 5.65 Å². The van der Waals surface area contributed by atoms with Crippen molar-refractivity contribution in [3.63, 3.8) is 0 Å². The smallest absolute Gasteiger partial charge is 0.137 e. The monoisotopic (exact) mass is 267 g/mol. The van der Waals surface area contributed by atoms with Crippen LogP contribution in [0, 0.1) is 0 Å². The van der Waals surface area contributed by atoms with Crippen LogP contribution in [0.2, 0.25) is 0 Å². The van der Waals surface area contributed by atoms with Gasteiger partial charge in [-0.1, -0.05) is 18.2 Å². The molecule has 0 unspecified atom stereocenters. The van der Waals surface area contributed by atoms with Gasteiger partial charge in [0, 0.05) is 24.9 Å². The highest BCUT2D eigenvalue weighted by Crippen LogP contribution is 2.17. The summed E-state index contributed by atoms with van der Waals surface area (Å²) in [6.45, 7) is 0.506. The molecule has 20 heavy (non-hydrogen) atoms. The molecule has 2 N–H and O–H groups in total. The van der Waals surface area contributed by atoms with Gasteiger partial charge in [0.15, 0.2) is 0 Å². The van der Waals surface area contributed by atoms with Gasteiger partial charge in [0.2, 0.25) is 0 Å². The zero-order valence-corrected chi connectivity index (χ0v) is 11.4. The Bertz CT molecular complexity index is 733. The number of hydrogen-bond donors (Lipinski definition) is 1. The van der Waals surface area contributed by atoms with Crippen LogP contribution in [0.4, 0.5) is 0 Å². The molecule has 4 heteroatoms. The molecule has 2 heterocycles.